The molecule has 0 bridgehead atoms. The zero-order valence-electron chi connectivity index (χ0n) is 12.4. The lowest BCUT2D eigenvalue weighted by molar-refractivity contribution is -0.117. The summed E-state index contributed by atoms with van der Waals surface area (Å²) in [5.41, 5.74) is 0. The van der Waals surface area contributed by atoms with Gasteiger partial charge in [0.2, 0.25) is 5.91 Å². The van der Waals surface area contributed by atoms with Crippen LogP contribution >= 0.6 is 15.9 Å². The fourth-order valence-electron chi connectivity index (χ4n) is 2.53. The van der Waals surface area contributed by atoms with Gasteiger partial charge in [0.1, 0.15) is 5.82 Å². The minimum Gasteiger partial charge on any atom is -0.317 e. The van der Waals surface area contributed by atoms with Gasteiger partial charge in [0.05, 0.1) is 6.54 Å². The van der Waals surface area contributed by atoms with Gasteiger partial charge in [-0.2, -0.15) is 0 Å². The molecule has 2 rings (SSSR count). The van der Waals surface area contributed by atoms with Gasteiger partial charge in [0, 0.05) is 10.7 Å². The van der Waals surface area contributed by atoms with Crippen LogP contribution in [-0.4, -0.2) is 48.5 Å². The molecule has 0 atom stereocenters. The largest absolute Gasteiger partial charge is 0.317 e. The summed E-state index contributed by atoms with van der Waals surface area (Å²) in [6, 6.07) is 3.67. The number of nitrogens with zero attached hydrogens (tertiary/aromatic N) is 2. The fraction of sp³-hybridized carbons (Fsp3) is 0.600. The second-order valence-corrected chi connectivity index (χ2v) is 6.35. The maximum Gasteiger partial charge on any atom is 0.239 e. The number of piperidine rings is 1. The van der Waals surface area contributed by atoms with Crippen LogP contribution in [0.15, 0.2) is 22.8 Å². The quantitative estimate of drug-likeness (QED) is 0.821. The van der Waals surface area contributed by atoms with Crippen LogP contribution < -0.4 is 10.6 Å². The molecular formula is C15H23BrN4O. The van der Waals surface area contributed by atoms with E-state index in [4.69, 9.17) is 0 Å². The number of anilines is 1. The summed E-state index contributed by atoms with van der Waals surface area (Å²) in [6.45, 7) is 6.71. The molecule has 21 heavy (non-hydrogen) atoms. The molecule has 2 N–H and O–H groups in total. The number of amides is 1. The van der Waals surface area contributed by atoms with E-state index < -0.39 is 0 Å². The van der Waals surface area contributed by atoms with Crippen molar-refractivity contribution in [1.82, 2.24) is 15.2 Å². The first-order valence-corrected chi connectivity index (χ1v) is 8.31. The van der Waals surface area contributed by atoms with E-state index in [1.165, 1.54) is 0 Å². The van der Waals surface area contributed by atoms with Crippen molar-refractivity contribution in [2.45, 2.75) is 19.8 Å². The van der Waals surface area contributed by atoms with Crippen molar-refractivity contribution in [3.63, 3.8) is 0 Å². The van der Waals surface area contributed by atoms with Crippen LogP contribution in [-0.2, 0) is 4.79 Å². The Labute approximate surface area is 134 Å². The van der Waals surface area contributed by atoms with Gasteiger partial charge in [-0.05, 0) is 73.0 Å². The number of aromatic nitrogens is 1. The van der Waals surface area contributed by atoms with Gasteiger partial charge < -0.3 is 10.6 Å². The normalized spacial score (nSPS) is 16.9. The highest BCUT2D eigenvalue weighted by atomic mass is 79.9. The van der Waals surface area contributed by atoms with Gasteiger partial charge in [-0.25, -0.2) is 4.98 Å². The Kier molecular flexibility index (Phi) is 6.60. The predicted molar refractivity (Wildman–Crippen MR) is 88.3 cm³/mol. The summed E-state index contributed by atoms with van der Waals surface area (Å²) < 4.78 is 0.906. The minimum absolute atomic E-state index is 0.00922. The van der Waals surface area contributed by atoms with Gasteiger partial charge >= 0.3 is 0 Å². The number of halogens is 1. The maximum atomic E-state index is 12.0. The first kappa shape index (κ1) is 16.4. The Bertz CT molecular complexity index is 443. The smallest absolute Gasteiger partial charge is 0.239 e. The molecule has 1 aromatic rings. The third-order valence-electron chi connectivity index (χ3n) is 3.75. The van der Waals surface area contributed by atoms with E-state index in [0.29, 0.717) is 12.4 Å². The van der Waals surface area contributed by atoms with Crippen LogP contribution in [0.1, 0.15) is 19.8 Å². The Morgan fingerprint density at radius 2 is 2.19 bits per heavy atom. The first-order valence-electron chi connectivity index (χ1n) is 7.52. The Hall–Kier alpha value is -0.980. The van der Waals surface area contributed by atoms with Gasteiger partial charge in [-0.1, -0.05) is 6.92 Å². The molecule has 0 aromatic carbocycles. The Balaban J connectivity index is 1.70. The molecule has 1 aromatic heterocycles. The molecule has 0 radical (unpaired) electrons. The summed E-state index contributed by atoms with van der Waals surface area (Å²) in [5.74, 6) is 1.36. The maximum absolute atomic E-state index is 12.0. The van der Waals surface area contributed by atoms with Crippen molar-refractivity contribution in [3.05, 3.63) is 22.8 Å². The molecule has 1 aliphatic rings. The first-order chi connectivity index (χ1) is 10.2. The van der Waals surface area contributed by atoms with E-state index in [1.54, 1.807) is 12.3 Å². The molecule has 5 nitrogen and oxygen atoms in total. The summed E-state index contributed by atoms with van der Waals surface area (Å²) in [4.78, 5) is 18.4. The van der Waals surface area contributed by atoms with Crippen LogP contribution in [0.3, 0.4) is 0 Å². The SMILES string of the molecule is CCNCC1CCN(CC(=O)Nc2ccc(Br)cn2)CC1. The molecule has 6 heteroatoms. The minimum atomic E-state index is 0.00922. The van der Waals surface area contributed by atoms with Gasteiger partial charge in [0.25, 0.3) is 0 Å². The summed E-state index contributed by atoms with van der Waals surface area (Å²) >= 11 is 3.33. The molecule has 1 aliphatic heterocycles. The van der Waals surface area contributed by atoms with Gasteiger partial charge in [0.15, 0.2) is 0 Å². The number of rotatable bonds is 6. The molecule has 0 unspecified atom stereocenters. The molecule has 0 aliphatic carbocycles. The Morgan fingerprint density at radius 1 is 1.43 bits per heavy atom. The number of carbonyl (C=O) groups excluding carboxylic acids is 1. The average molecular weight is 355 g/mol. The van der Waals surface area contributed by atoms with Crippen LogP contribution in [0.4, 0.5) is 5.82 Å². The third kappa shape index (κ3) is 5.73. The number of hydrogen-bond donors (Lipinski definition) is 2. The molecule has 0 saturated carbocycles. The van der Waals surface area contributed by atoms with Crippen LogP contribution in [0.5, 0.6) is 0 Å². The van der Waals surface area contributed by atoms with Crippen molar-refractivity contribution in [2.24, 2.45) is 5.92 Å². The summed E-state index contributed by atoms with van der Waals surface area (Å²) in [7, 11) is 0. The molecule has 1 fully saturated rings. The van der Waals surface area contributed by atoms with E-state index in [0.717, 1.165) is 49.4 Å². The molecule has 1 amide bonds. The van der Waals surface area contributed by atoms with E-state index in [9.17, 15) is 4.79 Å². The Morgan fingerprint density at radius 3 is 2.81 bits per heavy atom. The monoisotopic (exact) mass is 354 g/mol. The van der Waals surface area contributed by atoms with E-state index >= 15 is 0 Å². The van der Waals surface area contributed by atoms with Crippen LogP contribution in [0.25, 0.3) is 0 Å². The number of likely N-dealkylation sites (tertiary alicyclic amines) is 1. The van der Waals surface area contributed by atoms with E-state index in [2.05, 4.69) is 43.4 Å². The number of carbonyl (C=O) groups is 1. The van der Waals surface area contributed by atoms with Crippen molar-refractivity contribution < 1.29 is 4.79 Å². The predicted octanol–water partition coefficient (Wildman–Crippen LogP) is 2.10. The van der Waals surface area contributed by atoms with Crippen molar-refractivity contribution >= 4 is 27.7 Å². The van der Waals surface area contributed by atoms with Crippen molar-refractivity contribution in [1.29, 1.82) is 0 Å². The highest BCUT2D eigenvalue weighted by Gasteiger charge is 2.20. The lowest BCUT2D eigenvalue weighted by Gasteiger charge is -2.31. The summed E-state index contributed by atoms with van der Waals surface area (Å²) in [5, 5.41) is 6.24. The van der Waals surface area contributed by atoms with Crippen molar-refractivity contribution in [3.8, 4) is 0 Å². The summed E-state index contributed by atoms with van der Waals surface area (Å²) in [6.07, 6.45) is 4.01. The van der Waals surface area contributed by atoms with Crippen LogP contribution in [0.2, 0.25) is 0 Å². The molecule has 116 valence electrons. The molecule has 1 saturated heterocycles. The van der Waals surface area contributed by atoms with Gasteiger partial charge in [-0.3, -0.25) is 9.69 Å². The standard InChI is InChI=1S/C15H23BrN4O/c1-2-17-9-12-5-7-20(8-6-12)11-15(21)19-14-4-3-13(16)10-18-14/h3-4,10,12,17H,2,5-9,11H2,1H3,(H,18,19,21). The number of nitrogens with one attached hydrogen (secondary N) is 2. The van der Waals surface area contributed by atoms with Gasteiger partial charge in [-0.15, -0.1) is 0 Å². The second kappa shape index (κ2) is 8.46. The number of hydrogen-bond acceptors (Lipinski definition) is 4. The van der Waals surface area contributed by atoms with E-state index in [1.807, 2.05) is 6.07 Å². The highest BCUT2D eigenvalue weighted by molar-refractivity contribution is 9.10. The zero-order chi connectivity index (χ0) is 15.1. The molecular weight excluding hydrogens is 332 g/mol. The fourth-order valence-corrected chi connectivity index (χ4v) is 2.77. The average Bonchev–Trinajstić information content (AvgIpc) is 2.49. The number of pyridine rings is 1. The third-order valence-corrected chi connectivity index (χ3v) is 4.22. The van der Waals surface area contributed by atoms with E-state index in [-0.39, 0.29) is 5.91 Å². The molecule has 0 spiro atoms. The van der Waals surface area contributed by atoms with Crippen LogP contribution in [0, 0.1) is 5.92 Å². The second-order valence-electron chi connectivity index (χ2n) is 5.44. The molecule has 2 heterocycles. The topological polar surface area (TPSA) is 57.3 Å². The lowest BCUT2D eigenvalue weighted by Crippen LogP contribution is -2.41. The van der Waals surface area contributed by atoms with Crippen molar-refractivity contribution in [2.75, 3.05) is 38.0 Å². The zero-order valence-corrected chi connectivity index (χ0v) is 14.0. The highest BCUT2D eigenvalue weighted by Crippen LogP contribution is 2.16. The lowest BCUT2D eigenvalue weighted by atomic mass is 9.97.